The van der Waals surface area contributed by atoms with E-state index in [-0.39, 0.29) is 10.8 Å². The molecule has 6 heteroatoms. The summed E-state index contributed by atoms with van der Waals surface area (Å²) in [6.45, 7) is 0.793. The predicted molar refractivity (Wildman–Crippen MR) is 71.6 cm³/mol. The zero-order chi connectivity index (χ0) is 13.6. The molecule has 19 heavy (non-hydrogen) atoms. The number of rotatable bonds is 2. The van der Waals surface area contributed by atoms with Gasteiger partial charge in [-0.15, -0.1) is 0 Å². The predicted octanol–water partition coefficient (Wildman–Crippen LogP) is 2.24. The zero-order valence-electron chi connectivity index (χ0n) is 10.3. The number of carbonyl (C=O) groups is 1. The Bertz CT molecular complexity index is 629. The monoisotopic (exact) mass is 299 g/mol. The second kappa shape index (κ2) is 4.49. The van der Waals surface area contributed by atoms with E-state index in [9.17, 15) is 13.2 Å². The van der Waals surface area contributed by atoms with Crippen molar-refractivity contribution >= 4 is 25.6 Å². The van der Waals surface area contributed by atoms with E-state index in [4.69, 9.17) is 10.7 Å². The number of nitrogens with zero attached hydrogens (tertiary/aromatic N) is 1. The van der Waals surface area contributed by atoms with E-state index in [0.717, 1.165) is 19.4 Å². The Labute approximate surface area is 116 Å². The van der Waals surface area contributed by atoms with Crippen molar-refractivity contribution in [1.29, 1.82) is 0 Å². The van der Waals surface area contributed by atoms with Crippen molar-refractivity contribution in [2.75, 3.05) is 6.54 Å². The maximum absolute atomic E-state index is 12.4. The summed E-state index contributed by atoms with van der Waals surface area (Å²) in [5.74, 6) is 0.531. The normalized spacial score (nSPS) is 25.8. The first-order chi connectivity index (χ1) is 8.95. The van der Waals surface area contributed by atoms with E-state index in [1.165, 1.54) is 18.6 Å². The molecule has 0 N–H and O–H groups in total. The number of carbonyl (C=O) groups excluding carboxylic acids is 1. The van der Waals surface area contributed by atoms with Gasteiger partial charge in [-0.25, -0.2) is 8.42 Å². The van der Waals surface area contributed by atoms with Gasteiger partial charge in [-0.3, -0.25) is 4.79 Å². The number of benzene rings is 1. The number of piperidine rings is 1. The van der Waals surface area contributed by atoms with Gasteiger partial charge in [-0.1, -0.05) is 6.07 Å². The molecule has 2 atom stereocenters. The molecule has 2 aliphatic rings. The van der Waals surface area contributed by atoms with E-state index >= 15 is 0 Å². The van der Waals surface area contributed by atoms with Gasteiger partial charge in [0.05, 0.1) is 4.90 Å². The molecule has 0 spiro atoms. The molecule has 1 saturated carbocycles. The maximum atomic E-state index is 12.4. The summed E-state index contributed by atoms with van der Waals surface area (Å²) in [6, 6.07) is 6.27. The Kier molecular flexibility index (Phi) is 3.06. The lowest BCUT2D eigenvalue weighted by Crippen LogP contribution is -2.37. The van der Waals surface area contributed by atoms with E-state index in [2.05, 4.69) is 0 Å². The number of fused-ring (bicyclic) bond motifs is 2. The summed E-state index contributed by atoms with van der Waals surface area (Å²) in [6.07, 6.45) is 3.34. The summed E-state index contributed by atoms with van der Waals surface area (Å²) in [7, 11) is 1.51. The smallest absolute Gasteiger partial charge is 0.261 e. The fourth-order valence-electron chi connectivity index (χ4n) is 3.12. The summed E-state index contributed by atoms with van der Waals surface area (Å²) in [5, 5.41) is 0. The van der Waals surface area contributed by atoms with E-state index in [0.29, 0.717) is 17.5 Å². The van der Waals surface area contributed by atoms with Crippen LogP contribution in [0.3, 0.4) is 0 Å². The highest BCUT2D eigenvalue weighted by molar-refractivity contribution is 8.13. The Morgan fingerprint density at radius 3 is 2.68 bits per heavy atom. The summed E-state index contributed by atoms with van der Waals surface area (Å²) in [5.41, 5.74) is 0.397. The average Bonchev–Trinajstić information content (AvgIpc) is 2.99. The highest BCUT2D eigenvalue weighted by atomic mass is 35.7. The van der Waals surface area contributed by atoms with Crippen molar-refractivity contribution in [1.82, 2.24) is 4.90 Å². The Hall–Kier alpha value is -1.07. The lowest BCUT2D eigenvalue weighted by molar-refractivity contribution is 0.0703. The Morgan fingerprint density at radius 1 is 1.32 bits per heavy atom. The van der Waals surface area contributed by atoms with Gasteiger partial charge in [-0.05, 0) is 43.4 Å². The van der Waals surface area contributed by atoms with Crippen molar-refractivity contribution in [3.63, 3.8) is 0 Å². The molecule has 3 rings (SSSR count). The van der Waals surface area contributed by atoms with Gasteiger partial charge < -0.3 is 4.90 Å². The molecule has 2 bridgehead atoms. The summed E-state index contributed by atoms with van der Waals surface area (Å²) >= 11 is 0. The molecule has 1 amide bonds. The Balaban J connectivity index is 1.88. The third-order valence-corrected chi connectivity index (χ3v) is 5.38. The van der Waals surface area contributed by atoms with Gasteiger partial charge in [0.15, 0.2) is 0 Å². The van der Waals surface area contributed by atoms with Crippen LogP contribution in [0.1, 0.15) is 29.6 Å². The highest BCUT2D eigenvalue weighted by Gasteiger charge is 2.40. The van der Waals surface area contributed by atoms with Crippen LogP contribution in [-0.2, 0) is 9.05 Å². The fourth-order valence-corrected chi connectivity index (χ4v) is 3.92. The van der Waals surface area contributed by atoms with Crippen molar-refractivity contribution in [3.05, 3.63) is 29.8 Å². The number of hydrogen-bond donors (Lipinski definition) is 0. The Morgan fingerprint density at radius 2 is 2.11 bits per heavy atom. The minimum absolute atomic E-state index is 0.0237. The van der Waals surface area contributed by atoms with Gasteiger partial charge in [-0.2, -0.15) is 0 Å². The van der Waals surface area contributed by atoms with Gasteiger partial charge in [0.2, 0.25) is 0 Å². The average molecular weight is 300 g/mol. The van der Waals surface area contributed by atoms with E-state index < -0.39 is 9.05 Å². The van der Waals surface area contributed by atoms with Crippen LogP contribution in [0.5, 0.6) is 0 Å². The minimum atomic E-state index is -3.79. The molecular formula is C13H14ClNO3S. The lowest BCUT2D eigenvalue weighted by atomic mass is 10.1. The second-order valence-corrected chi connectivity index (χ2v) is 7.82. The summed E-state index contributed by atoms with van der Waals surface area (Å²) in [4.78, 5) is 14.2. The fraction of sp³-hybridized carbons (Fsp3) is 0.462. The molecule has 4 nitrogen and oxygen atoms in total. The molecule has 0 radical (unpaired) electrons. The molecule has 1 heterocycles. The topological polar surface area (TPSA) is 54.5 Å². The quantitative estimate of drug-likeness (QED) is 0.787. The molecular weight excluding hydrogens is 286 g/mol. The molecule has 1 saturated heterocycles. The molecule has 1 aromatic rings. The minimum Gasteiger partial charge on any atom is -0.335 e. The SMILES string of the molecule is O=C(c1cccc(S(=O)(=O)Cl)c1)N1CC2CCC1C2. The molecule has 1 aliphatic carbocycles. The molecule has 0 aromatic heterocycles. The van der Waals surface area contributed by atoms with Gasteiger partial charge in [0, 0.05) is 28.8 Å². The summed E-state index contributed by atoms with van der Waals surface area (Å²) < 4.78 is 22.6. The largest absolute Gasteiger partial charge is 0.335 e. The van der Waals surface area contributed by atoms with Gasteiger partial charge in [0.1, 0.15) is 0 Å². The van der Waals surface area contributed by atoms with Crippen LogP contribution in [0.4, 0.5) is 0 Å². The van der Waals surface area contributed by atoms with Crippen molar-refractivity contribution in [3.8, 4) is 0 Å². The first-order valence-corrected chi connectivity index (χ1v) is 8.62. The van der Waals surface area contributed by atoms with Gasteiger partial charge >= 0.3 is 0 Å². The number of amides is 1. The molecule has 2 unspecified atom stereocenters. The van der Waals surface area contributed by atoms with Crippen LogP contribution in [0, 0.1) is 5.92 Å². The first-order valence-electron chi connectivity index (χ1n) is 6.31. The second-order valence-electron chi connectivity index (χ2n) is 5.26. The van der Waals surface area contributed by atoms with Crippen LogP contribution in [0.15, 0.2) is 29.2 Å². The van der Waals surface area contributed by atoms with Crippen LogP contribution in [0.25, 0.3) is 0 Å². The number of halogens is 1. The molecule has 1 aliphatic heterocycles. The molecule has 1 aromatic carbocycles. The molecule has 2 fully saturated rings. The van der Waals surface area contributed by atoms with Crippen molar-refractivity contribution in [2.45, 2.75) is 30.2 Å². The standard InChI is InChI=1S/C13H14ClNO3S/c14-19(17,18)12-3-1-2-10(7-12)13(16)15-8-9-4-5-11(15)6-9/h1-3,7,9,11H,4-6,8H2. The van der Waals surface area contributed by atoms with Crippen LogP contribution >= 0.6 is 10.7 Å². The third-order valence-electron chi connectivity index (χ3n) is 4.03. The van der Waals surface area contributed by atoms with E-state index in [1.807, 2.05) is 4.90 Å². The first kappa shape index (κ1) is 12.9. The van der Waals surface area contributed by atoms with Gasteiger partial charge in [0.25, 0.3) is 15.0 Å². The number of hydrogen-bond acceptors (Lipinski definition) is 3. The zero-order valence-corrected chi connectivity index (χ0v) is 11.8. The van der Waals surface area contributed by atoms with Crippen LogP contribution < -0.4 is 0 Å². The highest BCUT2D eigenvalue weighted by Crippen LogP contribution is 2.38. The van der Waals surface area contributed by atoms with Crippen molar-refractivity contribution < 1.29 is 13.2 Å². The lowest BCUT2D eigenvalue weighted by Gasteiger charge is -2.27. The molecule has 102 valence electrons. The number of likely N-dealkylation sites (tertiary alicyclic amines) is 1. The van der Waals surface area contributed by atoms with Crippen molar-refractivity contribution in [2.24, 2.45) is 5.92 Å². The maximum Gasteiger partial charge on any atom is 0.261 e. The third kappa shape index (κ3) is 2.37. The van der Waals surface area contributed by atoms with Crippen LogP contribution in [-0.4, -0.2) is 31.8 Å². The van der Waals surface area contributed by atoms with E-state index in [1.54, 1.807) is 12.1 Å². The van der Waals surface area contributed by atoms with Crippen LogP contribution in [0.2, 0.25) is 0 Å².